The topological polar surface area (TPSA) is 52.7 Å². The first-order valence-corrected chi connectivity index (χ1v) is 9.89. The van der Waals surface area contributed by atoms with Crippen LogP contribution in [0.15, 0.2) is 48.5 Å². The summed E-state index contributed by atoms with van der Waals surface area (Å²) in [6, 6.07) is 15.9. The fourth-order valence-corrected chi connectivity index (χ4v) is 3.61. The second-order valence-electron chi connectivity index (χ2n) is 7.55. The Labute approximate surface area is 167 Å². The van der Waals surface area contributed by atoms with Gasteiger partial charge >= 0.3 is 0 Å². The molecule has 5 nitrogen and oxygen atoms in total. The first-order valence-electron chi connectivity index (χ1n) is 9.89. The molecule has 1 aliphatic heterocycles. The molecule has 2 aromatic rings. The molecule has 1 atom stereocenters. The third-order valence-corrected chi connectivity index (χ3v) is 5.60. The Hall–Kier alpha value is -2.66. The first-order chi connectivity index (χ1) is 13.5. The van der Waals surface area contributed by atoms with Crippen molar-refractivity contribution in [3.05, 3.63) is 54.1 Å². The van der Waals surface area contributed by atoms with Gasteiger partial charge in [0, 0.05) is 37.8 Å². The number of anilines is 1. The van der Waals surface area contributed by atoms with Gasteiger partial charge in [0.25, 0.3) is 5.91 Å². The molecule has 1 N–H and O–H groups in total. The lowest BCUT2D eigenvalue weighted by Crippen LogP contribution is -2.44. The molecule has 28 heavy (non-hydrogen) atoms. The Morgan fingerprint density at radius 2 is 1.86 bits per heavy atom. The molecule has 5 heteroatoms. The number of hydrogen-bond acceptors (Lipinski definition) is 3. The number of likely N-dealkylation sites (N-methyl/N-ethyl adjacent to an activating group) is 1. The minimum atomic E-state index is -0.0336. The number of piperidine rings is 1. The van der Waals surface area contributed by atoms with E-state index in [9.17, 15) is 9.59 Å². The zero-order chi connectivity index (χ0) is 20.1. The fourth-order valence-electron chi connectivity index (χ4n) is 3.61. The van der Waals surface area contributed by atoms with E-state index < -0.39 is 0 Å². The van der Waals surface area contributed by atoms with Crippen LogP contribution >= 0.6 is 0 Å². The standard InChI is InChI=1S/C23H29N3O2/c1-17(27)26(3)21-12-10-18(11-13-21)19-7-6-8-20(15-19)23(28)24-16-22-9-4-5-14-25(22)2/h6-8,10-13,15,22H,4-5,9,14,16H2,1-3H3,(H,24,28)/t22-/m1/s1. The zero-order valence-corrected chi connectivity index (χ0v) is 16.9. The van der Waals surface area contributed by atoms with Gasteiger partial charge in [0.2, 0.25) is 5.91 Å². The minimum absolute atomic E-state index is 0.00460. The predicted octanol–water partition coefficient (Wildman–Crippen LogP) is 3.55. The number of rotatable bonds is 5. The summed E-state index contributed by atoms with van der Waals surface area (Å²) in [4.78, 5) is 28.1. The van der Waals surface area contributed by atoms with Gasteiger partial charge in [-0.2, -0.15) is 0 Å². The third-order valence-electron chi connectivity index (χ3n) is 5.60. The molecule has 2 amide bonds. The van der Waals surface area contributed by atoms with Crippen LogP contribution in [-0.4, -0.2) is 49.9 Å². The number of benzene rings is 2. The Kier molecular flexibility index (Phi) is 6.47. The van der Waals surface area contributed by atoms with Crippen molar-refractivity contribution in [2.45, 2.75) is 32.2 Å². The van der Waals surface area contributed by atoms with Gasteiger partial charge in [-0.25, -0.2) is 0 Å². The van der Waals surface area contributed by atoms with Crippen molar-refractivity contribution in [2.75, 3.05) is 32.1 Å². The zero-order valence-electron chi connectivity index (χ0n) is 16.9. The largest absolute Gasteiger partial charge is 0.350 e. The molecule has 0 bridgehead atoms. The maximum Gasteiger partial charge on any atom is 0.251 e. The summed E-state index contributed by atoms with van der Waals surface area (Å²) in [5.74, 6) is -0.0382. The molecule has 1 heterocycles. The average molecular weight is 380 g/mol. The lowest BCUT2D eigenvalue weighted by atomic mass is 10.0. The van der Waals surface area contributed by atoms with E-state index in [1.165, 1.54) is 12.8 Å². The normalized spacial score (nSPS) is 17.2. The monoisotopic (exact) mass is 379 g/mol. The van der Waals surface area contributed by atoms with E-state index in [4.69, 9.17) is 0 Å². The van der Waals surface area contributed by atoms with Crippen molar-refractivity contribution < 1.29 is 9.59 Å². The number of nitrogens with one attached hydrogen (secondary N) is 1. The first kappa shape index (κ1) is 20.1. The van der Waals surface area contributed by atoms with Crippen molar-refractivity contribution in [3.63, 3.8) is 0 Å². The SMILES string of the molecule is CC(=O)N(C)c1ccc(-c2cccc(C(=O)NC[C@H]3CCCCN3C)c2)cc1. The molecule has 0 aromatic heterocycles. The molecule has 0 saturated carbocycles. The number of amides is 2. The van der Waals surface area contributed by atoms with Gasteiger partial charge in [0.15, 0.2) is 0 Å². The van der Waals surface area contributed by atoms with Crippen LogP contribution in [0.4, 0.5) is 5.69 Å². The number of carbonyl (C=O) groups excluding carboxylic acids is 2. The van der Waals surface area contributed by atoms with E-state index in [-0.39, 0.29) is 11.8 Å². The smallest absolute Gasteiger partial charge is 0.251 e. The van der Waals surface area contributed by atoms with E-state index >= 15 is 0 Å². The molecule has 148 valence electrons. The van der Waals surface area contributed by atoms with E-state index in [0.29, 0.717) is 18.2 Å². The van der Waals surface area contributed by atoms with E-state index in [2.05, 4.69) is 17.3 Å². The van der Waals surface area contributed by atoms with Crippen LogP contribution in [0.25, 0.3) is 11.1 Å². The Balaban J connectivity index is 1.67. The van der Waals surface area contributed by atoms with E-state index in [1.54, 1.807) is 18.9 Å². The summed E-state index contributed by atoms with van der Waals surface area (Å²) in [6.45, 7) is 3.33. The fraction of sp³-hybridized carbons (Fsp3) is 0.391. The molecule has 3 rings (SSSR count). The van der Waals surface area contributed by atoms with Crippen molar-refractivity contribution in [3.8, 4) is 11.1 Å². The van der Waals surface area contributed by atoms with Gasteiger partial charge < -0.3 is 15.1 Å². The van der Waals surface area contributed by atoms with Crippen LogP contribution in [0, 0.1) is 0 Å². The van der Waals surface area contributed by atoms with Crippen LogP contribution < -0.4 is 10.2 Å². The van der Waals surface area contributed by atoms with Crippen molar-refractivity contribution in [1.82, 2.24) is 10.2 Å². The summed E-state index contributed by atoms with van der Waals surface area (Å²) in [6.07, 6.45) is 3.61. The van der Waals surface area contributed by atoms with Gasteiger partial charge in [0.1, 0.15) is 0 Å². The highest BCUT2D eigenvalue weighted by Gasteiger charge is 2.19. The van der Waals surface area contributed by atoms with Gasteiger partial charge in [-0.1, -0.05) is 30.7 Å². The summed E-state index contributed by atoms with van der Waals surface area (Å²) in [7, 11) is 3.88. The molecule has 0 aliphatic carbocycles. The summed E-state index contributed by atoms with van der Waals surface area (Å²) < 4.78 is 0. The number of nitrogens with zero attached hydrogens (tertiary/aromatic N) is 2. The highest BCUT2D eigenvalue weighted by Crippen LogP contribution is 2.24. The Morgan fingerprint density at radius 1 is 1.11 bits per heavy atom. The molecular weight excluding hydrogens is 350 g/mol. The lowest BCUT2D eigenvalue weighted by Gasteiger charge is -2.32. The van der Waals surface area contributed by atoms with Gasteiger partial charge in [-0.3, -0.25) is 9.59 Å². The molecule has 2 aromatic carbocycles. The molecule has 1 fully saturated rings. The van der Waals surface area contributed by atoms with Crippen LogP contribution in [0.5, 0.6) is 0 Å². The lowest BCUT2D eigenvalue weighted by molar-refractivity contribution is -0.116. The maximum atomic E-state index is 12.6. The summed E-state index contributed by atoms with van der Waals surface area (Å²) >= 11 is 0. The highest BCUT2D eigenvalue weighted by molar-refractivity contribution is 5.95. The van der Waals surface area contributed by atoms with E-state index in [1.807, 2.05) is 48.5 Å². The Bertz CT molecular complexity index is 832. The Morgan fingerprint density at radius 3 is 2.54 bits per heavy atom. The van der Waals surface area contributed by atoms with Crippen LogP contribution in [0.2, 0.25) is 0 Å². The number of carbonyl (C=O) groups is 2. The second kappa shape index (κ2) is 9.02. The van der Waals surface area contributed by atoms with Crippen LogP contribution in [0.1, 0.15) is 36.5 Å². The predicted molar refractivity (Wildman–Crippen MR) is 114 cm³/mol. The summed E-state index contributed by atoms with van der Waals surface area (Å²) in [5.41, 5.74) is 3.52. The molecule has 0 spiro atoms. The number of likely N-dealkylation sites (tertiary alicyclic amines) is 1. The highest BCUT2D eigenvalue weighted by atomic mass is 16.2. The molecule has 1 aliphatic rings. The second-order valence-corrected chi connectivity index (χ2v) is 7.55. The maximum absolute atomic E-state index is 12.6. The molecule has 0 unspecified atom stereocenters. The van der Waals surface area contributed by atoms with Gasteiger partial charge in [-0.15, -0.1) is 0 Å². The van der Waals surface area contributed by atoms with Crippen LogP contribution in [0.3, 0.4) is 0 Å². The number of hydrogen-bond donors (Lipinski definition) is 1. The molecule has 0 radical (unpaired) electrons. The van der Waals surface area contributed by atoms with Crippen molar-refractivity contribution in [2.24, 2.45) is 0 Å². The molecular formula is C23H29N3O2. The summed E-state index contributed by atoms with van der Waals surface area (Å²) in [5, 5.41) is 3.09. The third kappa shape index (κ3) is 4.78. The molecule has 1 saturated heterocycles. The van der Waals surface area contributed by atoms with Crippen LogP contribution in [-0.2, 0) is 4.79 Å². The minimum Gasteiger partial charge on any atom is -0.350 e. The average Bonchev–Trinajstić information content (AvgIpc) is 2.72. The quantitative estimate of drug-likeness (QED) is 0.864. The van der Waals surface area contributed by atoms with Crippen molar-refractivity contribution >= 4 is 17.5 Å². The van der Waals surface area contributed by atoms with Gasteiger partial charge in [0.05, 0.1) is 0 Å². The van der Waals surface area contributed by atoms with Crippen molar-refractivity contribution in [1.29, 1.82) is 0 Å². The van der Waals surface area contributed by atoms with E-state index in [0.717, 1.165) is 29.8 Å². The van der Waals surface area contributed by atoms with Gasteiger partial charge in [-0.05, 0) is 61.8 Å².